The molecule has 0 spiro atoms. The summed E-state index contributed by atoms with van der Waals surface area (Å²) >= 11 is 2.66. The van der Waals surface area contributed by atoms with Crippen molar-refractivity contribution < 1.29 is 19.5 Å². The van der Waals surface area contributed by atoms with E-state index in [4.69, 9.17) is 5.11 Å². The van der Waals surface area contributed by atoms with Crippen molar-refractivity contribution in [2.24, 2.45) is 0 Å². The summed E-state index contributed by atoms with van der Waals surface area (Å²) in [5, 5.41) is 16.1. The number of amides is 2. The van der Waals surface area contributed by atoms with Crippen molar-refractivity contribution in [3.05, 3.63) is 11.1 Å². The lowest BCUT2D eigenvalue weighted by Gasteiger charge is -2.10. The number of hydrogen-bond donors (Lipinski definition) is 3. The number of thiazole rings is 1. The average molecular weight is 317 g/mol. The van der Waals surface area contributed by atoms with Crippen molar-refractivity contribution in [2.45, 2.75) is 19.4 Å². The van der Waals surface area contributed by atoms with Crippen LogP contribution in [-0.4, -0.2) is 45.9 Å². The molecule has 1 aromatic rings. The summed E-state index contributed by atoms with van der Waals surface area (Å²) in [4.78, 5) is 36.6. The van der Waals surface area contributed by atoms with Gasteiger partial charge in [0, 0.05) is 5.38 Å². The van der Waals surface area contributed by atoms with E-state index in [2.05, 4.69) is 15.6 Å². The van der Waals surface area contributed by atoms with Gasteiger partial charge in [-0.2, -0.15) is 11.8 Å². The van der Waals surface area contributed by atoms with E-state index in [1.807, 2.05) is 12.3 Å². The van der Waals surface area contributed by atoms with Crippen LogP contribution in [-0.2, 0) is 14.4 Å². The number of aliphatic carboxylic acids is 1. The number of nitrogens with one attached hydrogen (secondary N) is 2. The molecule has 110 valence electrons. The molecule has 3 N–H and O–H groups in total. The first-order valence-electron chi connectivity index (χ1n) is 5.75. The van der Waals surface area contributed by atoms with E-state index in [1.165, 1.54) is 23.1 Å². The van der Waals surface area contributed by atoms with Crippen LogP contribution in [0.5, 0.6) is 0 Å². The molecule has 1 rings (SSSR count). The van der Waals surface area contributed by atoms with Gasteiger partial charge in [-0.05, 0) is 19.1 Å². The van der Waals surface area contributed by atoms with E-state index >= 15 is 0 Å². The van der Waals surface area contributed by atoms with E-state index in [0.717, 1.165) is 5.69 Å². The Balaban J connectivity index is 2.21. The van der Waals surface area contributed by atoms with Gasteiger partial charge in [0.05, 0.1) is 11.4 Å². The van der Waals surface area contributed by atoms with Gasteiger partial charge in [-0.3, -0.25) is 9.59 Å². The van der Waals surface area contributed by atoms with Gasteiger partial charge in [-0.15, -0.1) is 11.3 Å². The van der Waals surface area contributed by atoms with Crippen molar-refractivity contribution in [1.29, 1.82) is 0 Å². The van der Waals surface area contributed by atoms with Gasteiger partial charge in [0.1, 0.15) is 6.04 Å². The summed E-state index contributed by atoms with van der Waals surface area (Å²) in [5.41, 5.74) is 0.849. The zero-order valence-electron chi connectivity index (χ0n) is 10.8. The molecule has 9 heteroatoms. The molecule has 0 aromatic carbocycles. The highest BCUT2D eigenvalue weighted by atomic mass is 32.2. The molecular weight excluding hydrogens is 302 g/mol. The van der Waals surface area contributed by atoms with E-state index in [-0.39, 0.29) is 18.1 Å². The maximum Gasteiger partial charge on any atom is 0.326 e. The number of carbonyl (C=O) groups is 3. The second kappa shape index (κ2) is 8.54. The summed E-state index contributed by atoms with van der Waals surface area (Å²) < 4.78 is 0. The van der Waals surface area contributed by atoms with Crippen molar-refractivity contribution in [1.82, 2.24) is 10.3 Å². The number of nitrogens with zero attached hydrogens (tertiary/aromatic N) is 1. The van der Waals surface area contributed by atoms with Gasteiger partial charge in [-0.1, -0.05) is 0 Å². The Morgan fingerprint density at radius 2 is 2.35 bits per heavy atom. The van der Waals surface area contributed by atoms with E-state index < -0.39 is 12.0 Å². The maximum absolute atomic E-state index is 11.6. The van der Waals surface area contributed by atoms with Crippen LogP contribution in [0.25, 0.3) is 0 Å². The number of aromatic nitrogens is 1. The smallest absolute Gasteiger partial charge is 0.326 e. The largest absolute Gasteiger partial charge is 0.480 e. The molecule has 0 radical (unpaired) electrons. The van der Waals surface area contributed by atoms with Crippen molar-refractivity contribution in [2.75, 3.05) is 16.8 Å². The SMILES string of the molecule is Cc1csc(NC(=O)CSCCC(NC=O)C(=O)O)n1. The number of carboxylic acid groups (broad SMARTS) is 1. The molecular formula is C11H15N3O4S2. The highest BCUT2D eigenvalue weighted by Gasteiger charge is 2.15. The van der Waals surface area contributed by atoms with Crippen molar-refractivity contribution >= 4 is 46.5 Å². The normalized spacial score (nSPS) is 11.7. The summed E-state index contributed by atoms with van der Waals surface area (Å²) in [6.07, 6.45) is 0.628. The predicted molar refractivity (Wildman–Crippen MR) is 78.0 cm³/mol. The van der Waals surface area contributed by atoms with Crippen molar-refractivity contribution in [3.63, 3.8) is 0 Å². The average Bonchev–Trinajstić information content (AvgIpc) is 2.78. The zero-order chi connectivity index (χ0) is 15.0. The van der Waals surface area contributed by atoms with Gasteiger partial charge < -0.3 is 15.7 Å². The monoisotopic (exact) mass is 317 g/mol. The molecule has 0 aliphatic heterocycles. The minimum absolute atomic E-state index is 0.181. The van der Waals surface area contributed by atoms with Gasteiger partial charge in [-0.25, -0.2) is 9.78 Å². The third kappa shape index (κ3) is 6.02. The molecule has 1 unspecified atom stereocenters. The number of carbonyl (C=O) groups excluding carboxylic acids is 2. The molecule has 0 fully saturated rings. The van der Waals surface area contributed by atoms with Crippen LogP contribution in [0.3, 0.4) is 0 Å². The van der Waals surface area contributed by atoms with E-state index in [9.17, 15) is 14.4 Å². The maximum atomic E-state index is 11.6. The minimum atomic E-state index is -1.08. The molecule has 0 saturated carbocycles. The Kier molecular flexibility index (Phi) is 7.02. The van der Waals surface area contributed by atoms with Crippen LogP contribution >= 0.6 is 23.1 Å². The first kappa shape index (κ1) is 16.4. The molecule has 1 aromatic heterocycles. The number of carboxylic acids is 1. The zero-order valence-corrected chi connectivity index (χ0v) is 12.4. The summed E-state index contributed by atoms with van der Waals surface area (Å²) in [6, 6.07) is -0.912. The van der Waals surface area contributed by atoms with Gasteiger partial charge in [0.2, 0.25) is 12.3 Å². The Labute approximate surface area is 124 Å². The molecule has 0 aliphatic carbocycles. The van der Waals surface area contributed by atoms with E-state index in [1.54, 1.807) is 0 Å². The second-order valence-electron chi connectivity index (χ2n) is 3.86. The first-order valence-corrected chi connectivity index (χ1v) is 7.78. The summed E-state index contributed by atoms with van der Waals surface area (Å²) in [7, 11) is 0. The number of rotatable bonds is 9. The Hall–Kier alpha value is -1.61. The van der Waals surface area contributed by atoms with Gasteiger partial charge in [0.25, 0.3) is 0 Å². The topological polar surface area (TPSA) is 108 Å². The lowest BCUT2D eigenvalue weighted by atomic mass is 10.2. The molecule has 2 amide bonds. The highest BCUT2D eigenvalue weighted by Crippen LogP contribution is 2.15. The number of aryl methyl sites for hydroxylation is 1. The molecule has 7 nitrogen and oxygen atoms in total. The first-order chi connectivity index (χ1) is 9.52. The number of hydrogen-bond acceptors (Lipinski definition) is 6. The van der Waals surface area contributed by atoms with Crippen LogP contribution in [0.2, 0.25) is 0 Å². The van der Waals surface area contributed by atoms with Gasteiger partial charge >= 0.3 is 5.97 Å². The lowest BCUT2D eigenvalue weighted by molar-refractivity contribution is -0.140. The molecule has 20 heavy (non-hydrogen) atoms. The van der Waals surface area contributed by atoms with Crippen molar-refractivity contribution in [3.8, 4) is 0 Å². The number of anilines is 1. The molecule has 0 bridgehead atoms. The lowest BCUT2D eigenvalue weighted by Crippen LogP contribution is -2.36. The third-order valence-electron chi connectivity index (χ3n) is 2.22. The fourth-order valence-electron chi connectivity index (χ4n) is 1.29. The molecule has 0 aliphatic rings. The standard InChI is InChI=1S/C11H15N3O4S2/c1-7-4-20-11(13-7)14-9(16)5-19-3-2-8(10(17)18)12-6-15/h4,6,8H,2-3,5H2,1H3,(H,12,15)(H,17,18)(H,13,14,16). The fraction of sp³-hybridized carbons (Fsp3) is 0.455. The second-order valence-corrected chi connectivity index (χ2v) is 5.82. The predicted octanol–water partition coefficient (Wildman–Crippen LogP) is 0.713. The Morgan fingerprint density at radius 1 is 1.60 bits per heavy atom. The number of thioether (sulfide) groups is 1. The minimum Gasteiger partial charge on any atom is -0.480 e. The summed E-state index contributed by atoms with van der Waals surface area (Å²) in [5.74, 6) is -0.589. The molecule has 1 atom stereocenters. The van der Waals surface area contributed by atoms with Crippen LogP contribution < -0.4 is 10.6 Å². The van der Waals surface area contributed by atoms with Crippen LogP contribution in [0.1, 0.15) is 12.1 Å². The Morgan fingerprint density at radius 3 is 2.90 bits per heavy atom. The molecule has 1 heterocycles. The van der Waals surface area contributed by atoms with Crippen LogP contribution in [0.4, 0.5) is 5.13 Å². The fourth-order valence-corrected chi connectivity index (χ4v) is 2.80. The van der Waals surface area contributed by atoms with Crippen LogP contribution in [0.15, 0.2) is 5.38 Å². The third-order valence-corrected chi connectivity index (χ3v) is 4.08. The van der Waals surface area contributed by atoms with Gasteiger partial charge in [0.15, 0.2) is 5.13 Å². The summed E-state index contributed by atoms with van der Waals surface area (Å²) in [6.45, 7) is 1.84. The highest BCUT2D eigenvalue weighted by molar-refractivity contribution is 7.99. The molecule has 0 saturated heterocycles. The van der Waals surface area contributed by atoms with Crippen LogP contribution in [0, 0.1) is 6.92 Å². The quantitative estimate of drug-likeness (QED) is 0.457. The van der Waals surface area contributed by atoms with E-state index in [0.29, 0.717) is 17.3 Å². The Bertz CT molecular complexity index is 478.